The van der Waals surface area contributed by atoms with E-state index in [0.717, 1.165) is 0 Å². The van der Waals surface area contributed by atoms with Gasteiger partial charge in [0.1, 0.15) is 11.6 Å². The summed E-state index contributed by atoms with van der Waals surface area (Å²) in [6.07, 6.45) is 1.52. The molecule has 0 aromatic heterocycles. The summed E-state index contributed by atoms with van der Waals surface area (Å²) >= 11 is 0. The van der Waals surface area contributed by atoms with Crippen molar-refractivity contribution in [1.82, 2.24) is 0 Å². The summed E-state index contributed by atoms with van der Waals surface area (Å²) in [5.74, 6) is -0.789. The first-order valence-corrected chi connectivity index (χ1v) is 5.03. The molecule has 0 radical (unpaired) electrons. The minimum Gasteiger partial charge on any atom is -0.216 e. The molecule has 0 atom stereocenters. The molecule has 0 aliphatic heterocycles. The van der Waals surface area contributed by atoms with Gasteiger partial charge in [0.15, 0.2) is 0 Å². The van der Waals surface area contributed by atoms with Crippen LogP contribution in [0.5, 0.6) is 0 Å². The molecular formula is C14H9F3. The summed E-state index contributed by atoms with van der Waals surface area (Å²) in [4.78, 5) is 0. The van der Waals surface area contributed by atoms with Crippen LogP contribution >= 0.6 is 0 Å². The highest BCUT2D eigenvalue weighted by atomic mass is 19.1. The summed E-state index contributed by atoms with van der Waals surface area (Å²) < 4.78 is 38.0. The molecule has 2 rings (SSSR count). The van der Waals surface area contributed by atoms with E-state index in [9.17, 15) is 13.2 Å². The molecule has 0 saturated carbocycles. The number of halogens is 3. The van der Waals surface area contributed by atoms with Gasteiger partial charge in [0.05, 0.1) is 6.33 Å². The van der Waals surface area contributed by atoms with Crippen LogP contribution in [0.4, 0.5) is 13.2 Å². The lowest BCUT2D eigenvalue weighted by Crippen LogP contribution is -1.86. The number of benzene rings is 2. The molecular weight excluding hydrogens is 225 g/mol. The molecule has 0 N–H and O–H groups in total. The van der Waals surface area contributed by atoms with E-state index in [4.69, 9.17) is 0 Å². The molecule has 0 amide bonds. The first-order chi connectivity index (χ1) is 8.20. The number of rotatable bonds is 2. The van der Waals surface area contributed by atoms with Gasteiger partial charge in [-0.25, -0.2) is 13.2 Å². The zero-order valence-corrected chi connectivity index (χ0v) is 8.83. The van der Waals surface area contributed by atoms with Gasteiger partial charge in [-0.3, -0.25) is 0 Å². The normalized spacial score (nSPS) is 11.0. The second kappa shape index (κ2) is 4.87. The van der Waals surface area contributed by atoms with E-state index in [2.05, 4.69) is 0 Å². The Labute approximate surface area is 97.0 Å². The van der Waals surface area contributed by atoms with Gasteiger partial charge in [-0.05, 0) is 47.0 Å². The summed E-state index contributed by atoms with van der Waals surface area (Å²) in [7, 11) is 0. The van der Waals surface area contributed by atoms with Crippen molar-refractivity contribution in [3.63, 3.8) is 0 Å². The summed E-state index contributed by atoms with van der Waals surface area (Å²) in [5.41, 5.74) is 1.78. The van der Waals surface area contributed by atoms with Crippen LogP contribution in [-0.4, -0.2) is 0 Å². The van der Waals surface area contributed by atoms with Crippen molar-refractivity contribution >= 4 is 6.08 Å². The third kappa shape index (κ3) is 2.56. The Morgan fingerprint density at radius 1 is 0.824 bits per heavy atom. The summed E-state index contributed by atoms with van der Waals surface area (Å²) in [6, 6.07) is 9.81. The quantitative estimate of drug-likeness (QED) is 0.713. The van der Waals surface area contributed by atoms with Crippen LogP contribution < -0.4 is 0 Å². The van der Waals surface area contributed by atoms with Crippen LogP contribution in [0, 0.1) is 11.6 Å². The molecule has 86 valence electrons. The van der Waals surface area contributed by atoms with Crippen molar-refractivity contribution in [3.8, 4) is 11.1 Å². The summed E-state index contributed by atoms with van der Waals surface area (Å²) in [6.45, 7) is 0. The predicted octanol–water partition coefficient (Wildman–Crippen LogP) is 4.57. The fourth-order valence-electron chi connectivity index (χ4n) is 1.63. The molecule has 0 aliphatic carbocycles. The average molecular weight is 234 g/mol. The van der Waals surface area contributed by atoms with Crippen molar-refractivity contribution in [2.75, 3.05) is 0 Å². The highest BCUT2D eigenvalue weighted by Gasteiger charge is 2.04. The third-order valence-electron chi connectivity index (χ3n) is 2.41. The van der Waals surface area contributed by atoms with Crippen molar-refractivity contribution in [1.29, 1.82) is 0 Å². The Kier molecular flexibility index (Phi) is 3.28. The van der Waals surface area contributed by atoms with Crippen LogP contribution in [0.3, 0.4) is 0 Å². The Balaban J connectivity index is 2.54. The van der Waals surface area contributed by atoms with Crippen LogP contribution in [-0.2, 0) is 0 Å². The number of hydrogen-bond acceptors (Lipinski definition) is 0. The Hall–Kier alpha value is -2.03. The first-order valence-electron chi connectivity index (χ1n) is 5.03. The van der Waals surface area contributed by atoms with Gasteiger partial charge in [0.25, 0.3) is 0 Å². The maximum absolute atomic E-state index is 13.0. The van der Waals surface area contributed by atoms with Crippen LogP contribution in [0.2, 0.25) is 0 Å². The first kappa shape index (κ1) is 11.5. The maximum atomic E-state index is 13.0. The largest absolute Gasteiger partial charge is 0.216 e. The molecule has 0 heterocycles. The van der Waals surface area contributed by atoms with Crippen molar-refractivity contribution < 1.29 is 13.2 Å². The molecule has 2 aromatic carbocycles. The van der Waals surface area contributed by atoms with E-state index in [0.29, 0.717) is 23.0 Å². The van der Waals surface area contributed by atoms with Crippen molar-refractivity contribution in [3.05, 3.63) is 66.0 Å². The Morgan fingerprint density at radius 2 is 1.47 bits per heavy atom. The predicted molar refractivity (Wildman–Crippen MR) is 61.9 cm³/mol. The van der Waals surface area contributed by atoms with Gasteiger partial charge >= 0.3 is 0 Å². The number of hydrogen-bond donors (Lipinski definition) is 0. The monoisotopic (exact) mass is 234 g/mol. The third-order valence-corrected chi connectivity index (χ3v) is 2.41. The van der Waals surface area contributed by atoms with Gasteiger partial charge in [-0.1, -0.05) is 18.2 Å². The highest BCUT2D eigenvalue weighted by molar-refractivity contribution is 5.74. The molecule has 2 aromatic rings. The Bertz CT molecular complexity index is 542. The second-order valence-electron chi connectivity index (χ2n) is 3.53. The van der Waals surface area contributed by atoms with E-state index in [1.54, 1.807) is 12.1 Å². The highest BCUT2D eigenvalue weighted by Crippen LogP contribution is 2.25. The molecule has 17 heavy (non-hydrogen) atoms. The van der Waals surface area contributed by atoms with Gasteiger partial charge in [-0.2, -0.15) is 0 Å². The molecule has 3 heteroatoms. The summed E-state index contributed by atoms with van der Waals surface area (Å²) in [5, 5.41) is 0. The lowest BCUT2D eigenvalue weighted by molar-refractivity contribution is 0.626. The average Bonchev–Trinajstić information content (AvgIpc) is 2.31. The van der Waals surface area contributed by atoms with Gasteiger partial charge in [-0.15, -0.1) is 0 Å². The Morgan fingerprint density at radius 3 is 2.12 bits per heavy atom. The SMILES string of the molecule is FC=Cc1cc(F)ccc1-c1ccc(F)cc1. The molecule has 0 nitrogen and oxygen atoms in total. The zero-order chi connectivity index (χ0) is 12.3. The van der Waals surface area contributed by atoms with Gasteiger partial charge in [0, 0.05) is 0 Å². The van der Waals surface area contributed by atoms with Crippen molar-refractivity contribution in [2.24, 2.45) is 0 Å². The minimum absolute atomic E-state index is 0.349. The fourth-order valence-corrected chi connectivity index (χ4v) is 1.63. The van der Waals surface area contributed by atoms with Gasteiger partial charge in [0.2, 0.25) is 0 Å². The van der Waals surface area contributed by atoms with Crippen molar-refractivity contribution in [2.45, 2.75) is 0 Å². The fraction of sp³-hybridized carbons (Fsp3) is 0. The smallest absolute Gasteiger partial charge is 0.123 e. The topological polar surface area (TPSA) is 0 Å². The van der Waals surface area contributed by atoms with E-state index in [1.165, 1.54) is 36.4 Å². The molecule has 0 aliphatic rings. The van der Waals surface area contributed by atoms with E-state index < -0.39 is 5.82 Å². The van der Waals surface area contributed by atoms with E-state index >= 15 is 0 Å². The second-order valence-corrected chi connectivity index (χ2v) is 3.53. The zero-order valence-electron chi connectivity index (χ0n) is 8.83. The van der Waals surface area contributed by atoms with Crippen LogP contribution in [0.25, 0.3) is 17.2 Å². The minimum atomic E-state index is -0.441. The van der Waals surface area contributed by atoms with E-state index in [1.807, 2.05) is 0 Å². The molecule has 0 fully saturated rings. The lowest BCUT2D eigenvalue weighted by atomic mass is 9.99. The molecule has 0 spiro atoms. The maximum Gasteiger partial charge on any atom is 0.123 e. The lowest BCUT2D eigenvalue weighted by Gasteiger charge is -2.06. The van der Waals surface area contributed by atoms with E-state index in [-0.39, 0.29) is 5.82 Å². The van der Waals surface area contributed by atoms with Crippen LogP contribution in [0.1, 0.15) is 5.56 Å². The molecule has 0 unspecified atom stereocenters. The standard InChI is InChI=1S/C14H9F3/c15-8-7-11-9-13(17)5-6-14(11)10-1-3-12(16)4-2-10/h1-9H. The van der Waals surface area contributed by atoms with Crippen LogP contribution in [0.15, 0.2) is 48.8 Å². The molecule has 0 saturated heterocycles. The van der Waals surface area contributed by atoms with Gasteiger partial charge < -0.3 is 0 Å². The molecule has 0 bridgehead atoms.